The van der Waals surface area contributed by atoms with Gasteiger partial charge in [-0.2, -0.15) is 0 Å². The predicted octanol–water partition coefficient (Wildman–Crippen LogP) is 11.1. The molecule has 2 aliphatic heterocycles. The lowest BCUT2D eigenvalue weighted by atomic mass is 9.52. The zero-order chi connectivity index (χ0) is 52.9. The Labute approximate surface area is 426 Å². The molecule has 1 N–H and O–H groups in total. The second-order valence-electron chi connectivity index (χ2n) is 26.7. The molecular formula is C58H94O13. The highest BCUT2D eigenvalue weighted by Crippen LogP contribution is 2.71. The van der Waals surface area contributed by atoms with Crippen molar-refractivity contribution in [2.75, 3.05) is 13.2 Å². The quantitative estimate of drug-likeness (QED) is 0.105. The zero-order valence-electron chi connectivity index (χ0n) is 46.6. The molecule has 8 saturated carbocycles. The molecule has 0 radical (unpaired) electrons. The second kappa shape index (κ2) is 20.8. The summed E-state index contributed by atoms with van der Waals surface area (Å²) in [5.41, 5.74) is -3.65. The van der Waals surface area contributed by atoms with Crippen molar-refractivity contribution in [1.82, 2.24) is 0 Å². The van der Waals surface area contributed by atoms with Crippen LogP contribution < -0.4 is 0 Å². The van der Waals surface area contributed by atoms with Crippen molar-refractivity contribution in [2.24, 2.45) is 74.9 Å². The normalized spacial score (nSPS) is 38.1. The first-order valence-corrected chi connectivity index (χ1v) is 27.8. The number of carbonyl (C=O) groups is 6. The van der Waals surface area contributed by atoms with E-state index in [9.17, 15) is 33.9 Å². The SMILES string of the molecule is CCC(C)(C)C(=O)OC1(C)COC(=O)C1C.CCC(C)(C)C(=O)OC1(CC)CC2CC1C1C3CCC(C3)C21.CCC(C)(C)C(=O)OC12CC3CC(CC(O)(C3)C1)C2.CCC(C)(C)C(=O)OC1CCOC1=O. The van der Waals surface area contributed by atoms with Gasteiger partial charge in [-0.05, 0) is 207 Å². The topological polar surface area (TPSA) is 178 Å². The number of esters is 6. The van der Waals surface area contributed by atoms with Crippen LogP contribution >= 0.6 is 0 Å². The van der Waals surface area contributed by atoms with E-state index >= 15 is 0 Å². The maximum Gasteiger partial charge on any atom is 0.347 e. The van der Waals surface area contributed by atoms with Gasteiger partial charge in [0.2, 0.25) is 6.10 Å². The highest BCUT2D eigenvalue weighted by Gasteiger charge is 2.68. The first kappa shape index (κ1) is 57.1. The summed E-state index contributed by atoms with van der Waals surface area (Å²) in [4.78, 5) is 70.9. The van der Waals surface area contributed by atoms with Gasteiger partial charge in [0.1, 0.15) is 17.8 Å². The minimum atomic E-state index is -0.819. The molecule has 10 rings (SSSR count). The molecule has 12 atom stereocenters. The number of rotatable bonds is 13. The van der Waals surface area contributed by atoms with Crippen LogP contribution in [0.5, 0.6) is 0 Å². The van der Waals surface area contributed by atoms with Gasteiger partial charge >= 0.3 is 35.8 Å². The second-order valence-corrected chi connectivity index (χ2v) is 26.7. The Hall–Kier alpha value is -3.22. The molecule has 13 heteroatoms. The fraction of sp³-hybridized carbons (Fsp3) is 0.897. The third kappa shape index (κ3) is 11.7. The van der Waals surface area contributed by atoms with E-state index in [1.54, 1.807) is 27.7 Å². The Morgan fingerprint density at radius 1 is 0.606 bits per heavy atom. The summed E-state index contributed by atoms with van der Waals surface area (Å²) in [5, 5.41) is 10.6. The third-order valence-electron chi connectivity index (χ3n) is 20.1. The maximum atomic E-state index is 12.7. The molecule has 0 aromatic rings. The number of aliphatic hydroxyl groups is 1. The van der Waals surface area contributed by atoms with Crippen LogP contribution in [-0.4, -0.2) is 82.6 Å². The monoisotopic (exact) mass is 999 g/mol. The van der Waals surface area contributed by atoms with Crippen molar-refractivity contribution < 1.29 is 62.3 Å². The highest BCUT2D eigenvalue weighted by atomic mass is 16.6. The summed E-state index contributed by atoms with van der Waals surface area (Å²) in [6.45, 7) is 29.4. The molecule has 71 heavy (non-hydrogen) atoms. The van der Waals surface area contributed by atoms with Crippen molar-refractivity contribution in [2.45, 2.75) is 242 Å². The van der Waals surface area contributed by atoms with Crippen LogP contribution in [0.3, 0.4) is 0 Å². The largest absolute Gasteiger partial charge is 0.463 e. The first-order chi connectivity index (χ1) is 32.9. The Kier molecular flexibility index (Phi) is 16.7. The minimum absolute atomic E-state index is 0.0455. The lowest BCUT2D eigenvalue weighted by molar-refractivity contribution is -0.225. The molecule has 8 bridgehead atoms. The Balaban J connectivity index is 0.000000157. The van der Waals surface area contributed by atoms with Crippen molar-refractivity contribution in [3.63, 3.8) is 0 Å². The molecule has 0 amide bonds. The average molecular weight is 999 g/mol. The number of carbonyl (C=O) groups excluding carboxylic acids is 6. The molecule has 10 aliphatic rings. The fourth-order valence-electron chi connectivity index (χ4n) is 13.8. The number of fused-ring (bicyclic) bond motifs is 9. The summed E-state index contributed by atoms with van der Waals surface area (Å²) < 4.78 is 32.4. The molecule has 13 nitrogen and oxygen atoms in total. The standard InChI is InChI=1S/C20H32O2.C16H26O3.C12H20O4.C10H16O4/c1-5-19(3,4)18(21)22-20(6-2)11-14-10-15(20)17-13-8-7-12(9-13)16(14)17;1-4-14(2,3)13(17)19-16-8-11-5-12(9-16)7-15(18,6-11)10-16;1-6-11(3,4)10(14)16-12(5)7-15-9(13)8(12)2;1-4-10(2,3)9(12)14-7-5-6-13-8(7)11/h12-17H,5-11H2,1-4H3;11-12,18H,4-10H2,1-3H3;8H,6-7H2,1-5H3;7H,4-6H2,1-3H3. The van der Waals surface area contributed by atoms with Gasteiger partial charge in [0.25, 0.3) is 0 Å². The molecule has 0 aromatic heterocycles. The van der Waals surface area contributed by atoms with E-state index in [0.29, 0.717) is 50.0 Å². The number of ether oxygens (including phenoxy) is 6. The lowest BCUT2D eigenvalue weighted by Gasteiger charge is -2.59. The van der Waals surface area contributed by atoms with Crippen LogP contribution in [0.1, 0.15) is 213 Å². The first-order valence-electron chi connectivity index (χ1n) is 27.8. The third-order valence-corrected chi connectivity index (χ3v) is 20.1. The molecule has 2 heterocycles. The molecule has 10 fully saturated rings. The molecule has 0 spiro atoms. The average Bonchev–Trinajstić information content (AvgIpc) is 4.18. The smallest absolute Gasteiger partial charge is 0.347 e. The number of hydrogen-bond acceptors (Lipinski definition) is 13. The summed E-state index contributed by atoms with van der Waals surface area (Å²) in [7, 11) is 0. The lowest BCUT2D eigenvalue weighted by Crippen LogP contribution is -2.61. The van der Waals surface area contributed by atoms with Crippen LogP contribution in [0, 0.1) is 74.9 Å². The molecule has 404 valence electrons. The number of hydrogen-bond donors (Lipinski definition) is 1. The maximum absolute atomic E-state index is 12.7. The summed E-state index contributed by atoms with van der Waals surface area (Å²) >= 11 is 0. The van der Waals surface area contributed by atoms with Crippen LogP contribution in [0.15, 0.2) is 0 Å². The van der Waals surface area contributed by atoms with Gasteiger partial charge in [-0.15, -0.1) is 0 Å². The molecule has 12 unspecified atom stereocenters. The highest BCUT2D eigenvalue weighted by molar-refractivity contribution is 5.83. The Morgan fingerprint density at radius 2 is 1.11 bits per heavy atom. The van der Waals surface area contributed by atoms with E-state index in [-0.39, 0.29) is 53.1 Å². The van der Waals surface area contributed by atoms with Crippen LogP contribution in [0.2, 0.25) is 0 Å². The molecule has 2 saturated heterocycles. The van der Waals surface area contributed by atoms with Gasteiger partial charge in [-0.1, -0.05) is 34.6 Å². The van der Waals surface area contributed by atoms with Gasteiger partial charge in [0.05, 0.1) is 39.8 Å². The van der Waals surface area contributed by atoms with Gasteiger partial charge in [0.15, 0.2) is 5.60 Å². The van der Waals surface area contributed by atoms with Gasteiger partial charge in [-0.25, -0.2) is 4.79 Å². The molecular weight excluding hydrogens is 905 g/mol. The van der Waals surface area contributed by atoms with E-state index in [4.69, 9.17) is 28.4 Å². The number of cyclic esters (lactones) is 2. The van der Waals surface area contributed by atoms with Crippen LogP contribution in [-0.2, 0) is 57.2 Å². The van der Waals surface area contributed by atoms with Crippen molar-refractivity contribution in [3.8, 4) is 0 Å². The Morgan fingerprint density at radius 3 is 1.58 bits per heavy atom. The summed E-state index contributed by atoms with van der Waals surface area (Å²) in [6, 6.07) is 0. The van der Waals surface area contributed by atoms with Gasteiger partial charge in [-0.3, -0.25) is 24.0 Å². The van der Waals surface area contributed by atoms with Crippen molar-refractivity contribution in [3.05, 3.63) is 0 Å². The van der Waals surface area contributed by atoms with E-state index < -0.39 is 45.4 Å². The van der Waals surface area contributed by atoms with Crippen molar-refractivity contribution >= 4 is 35.8 Å². The zero-order valence-corrected chi connectivity index (χ0v) is 46.6. The van der Waals surface area contributed by atoms with Crippen LogP contribution in [0.25, 0.3) is 0 Å². The fourth-order valence-corrected chi connectivity index (χ4v) is 13.8. The summed E-state index contributed by atoms with van der Waals surface area (Å²) in [6.07, 6.45) is 16.4. The van der Waals surface area contributed by atoms with E-state index in [1.165, 1.54) is 32.1 Å². The molecule has 0 aromatic carbocycles. The predicted molar refractivity (Wildman–Crippen MR) is 268 cm³/mol. The minimum Gasteiger partial charge on any atom is -0.463 e. The van der Waals surface area contributed by atoms with Gasteiger partial charge in [0, 0.05) is 18.8 Å². The van der Waals surface area contributed by atoms with Gasteiger partial charge < -0.3 is 33.5 Å². The van der Waals surface area contributed by atoms with E-state index in [2.05, 4.69) is 13.8 Å². The van der Waals surface area contributed by atoms with E-state index in [1.807, 2.05) is 62.3 Å². The van der Waals surface area contributed by atoms with E-state index in [0.717, 1.165) is 81.0 Å². The molecule has 8 aliphatic carbocycles. The van der Waals surface area contributed by atoms with Crippen molar-refractivity contribution in [1.29, 1.82) is 0 Å². The summed E-state index contributed by atoms with van der Waals surface area (Å²) in [5.74, 6) is 4.71. The van der Waals surface area contributed by atoms with Crippen LogP contribution in [0.4, 0.5) is 0 Å². The Bertz CT molecular complexity index is 1970.